The van der Waals surface area contributed by atoms with E-state index in [4.69, 9.17) is 17.3 Å². The second-order valence-electron chi connectivity index (χ2n) is 4.26. The van der Waals surface area contributed by atoms with E-state index in [-0.39, 0.29) is 33.8 Å². The fourth-order valence-corrected chi connectivity index (χ4v) is 2.59. The molecule has 0 spiro atoms. The van der Waals surface area contributed by atoms with Gasteiger partial charge in [0, 0.05) is 41.0 Å². The van der Waals surface area contributed by atoms with Gasteiger partial charge in [-0.2, -0.15) is 0 Å². The molecule has 1 rings (SSSR count). The highest BCUT2D eigenvalue weighted by atomic mass is 35.5. The third-order valence-corrected chi connectivity index (χ3v) is 3.71. The number of nitrogen functional groups attached to an aromatic ring is 1. The predicted octanol–water partition coefficient (Wildman–Crippen LogP) is 1.33. The van der Waals surface area contributed by atoms with Gasteiger partial charge in [0.25, 0.3) is 11.6 Å². The molecule has 0 bridgehead atoms. The van der Waals surface area contributed by atoms with Crippen LogP contribution in [0.2, 0.25) is 5.02 Å². The number of hydrogen-bond acceptors (Lipinski definition) is 5. The van der Waals surface area contributed by atoms with Crippen LogP contribution in [0.4, 0.5) is 11.4 Å². The highest BCUT2D eigenvalue weighted by Gasteiger charge is 2.20. The predicted molar refractivity (Wildman–Crippen MR) is 78.4 cm³/mol. The Labute approximate surface area is 123 Å². The van der Waals surface area contributed by atoms with Crippen molar-refractivity contribution < 1.29 is 13.9 Å². The molecule has 0 aromatic heterocycles. The number of nitro groups is 1. The Kier molecular flexibility index (Phi) is 5.46. The molecule has 1 amide bonds. The molecule has 0 heterocycles. The summed E-state index contributed by atoms with van der Waals surface area (Å²) in [6.07, 6.45) is 1.52. The van der Waals surface area contributed by atoms with Gasteiger partial charge in [0.2, 0.25) is 0 Å². The Morgan fingerprint density at radius 2 is 2.20 bits per heavy atom. The molecule has 2 unspecified atom stereocenters. The number of anilines is 1. The first kappa shape index (κ1) is 16.4. The molecule has 1 aromatic rings. The van der Waals surface area contributed by atoms with E-state index >= 15 is 0 Å². The third-order valence-electron chi connectivity index (χ3n) is 2.43. The van der Waals surface area contributed by atoms with Crippen LogP contribution in [0, 0.1) is 10.1 Å². The van der Waals surface area contributed by atoms with Crippen LogP contribution in [0.3, 0.4) is 0 Å². The van der Waals surface area contributed by atoms with Gasteiger partial charge in [-0.1, -0.05) is 11.6 Å². The summed E-state index contributed by atoms with van der Waals surface area (Å²) in [5, 5.41) is 13.3. The first-order chi connectivity index (χ1) is 9.22. The Hall–Kier alpha value is -1.67. The Balaban J connectivity index is 3.03. The van der Waals surface area contributed by atoms with Crippen molar-refractivity contribution >= 4 is 39.7 Å². The lowest BCUT2D eigenvalue weighted by Crippen LogP contribution is -2.36. The Morgan fingerprint density at radius 3 is 2.70 bits per heavy atom. The van der Waals surface area contributed by atoms with E-state index in [2.05, 4.69) is 5.32 Å². The number of nitrogens with one attached hydrogen (secondary N) is 1. The summed E-state index contributed by atoms with van der Waals surface area (Å²) in [7, 11) is -1.07. The van der Waals surface area contributed by atoms with E-state index in [0.29, 0.717) is 0 Å². The molecule has 0 saturated carbocycles. The lowest BCUT2D eigenvalue weighted by molar-refractivity contribution is -0.384. The van der Waals surface area contributed by atoms with Crippen LogP contribution < -0.4 is 11.1 Å². The number of rotatable bonds is 5. The number of carbonyl (C=O) groups excluding carboxylic acids is 1. The molecular formula is C11H14ClN3O4S. The van der Waals surface area contributed by atoms with Gasteiger partial charge in [0.05, 0.1) is 21.2 Å². The molecule has 0 fully saturated rings. The molecule has 0 saturated heterocycles. The van der Waals surface area contributed by atoms with Crippen LogP contribution in [0.25, 0.3) is 0 Å². The average molecular weight is 320 g/mol. The summed E-state index contributed by atoms with van der Waals surface area (Å²) < 4.78 is 11.1. The largest absolute Gasteiger partial charge is 0.397 e. The topological polar surface area (TPSA) is 115 Å². The molecule has 0 aliphatic carbocycles. The number of nitrogens with two attached hydrogens (primary N) is 1. The number of non-ortho nitro benzene ring substituents is 1. The van der Waals surface area contributed by atoms with Crippen molar-refractivity contribution in [3.63, 3.8) is 0 Å². The summed E-state index contributed by atoms with van der Waals surface area (Å²) in [5.41, 5.74) is 5.24. The average Bonchev–Trinajstić information content (AvgIpc) is 2.30. The second kappa shape index (κ2) is 6.67. The highest BCUT2D eigenvalue weighted by Crippen LogP contribution is 2.28. The maximum absolute atomic E-state index is 12.0. The molecule has 1 aromatic carbocycles. The number of amides is 1. The smallest absolute Gasteiger partial charge is 0.271 e. The number of hydrogen-bond donors (Lipinski definition) is 2. The zero-order chi connectivity index (χ0) is 15.4. The van der Waals surface area contributed by atoms with Crippen LogP contribution in [0.15, 0.2) is 12.1 Å². The maximum atomic E-state index is 12.0. The van der Waals surface area contributed by atoms with Crippen molar-refractivity contribution in [3.05, 3.63) is 32.8 Å². The first-order valence-corrected chi connectivity index (χ1v) is 7.67. The second-order valence-corrected chi connectivity index (χ2v) is 6.15. The Morgan fingerprint density at radius 1 is 1.60 bits per heavy atom. The molecule has 2 atom stereocenters. The molecule has 9 heteroatoms. The molecule has 110 valence electrons. The normalized spacial score (nSPS) is 13.6. The van der Waals surface area contributed by atoms with Gasteiger partial charge in [-0.05, 0) is 6.92 Å². The van der Waals surface area contributed by atoms with Gasteiger partial charge in [0.15, 0.2) is 0 Å². The van der Waals surface area contributed by atoms with Crippen LogP contribution in [0.5, 0.6) is 0 Å². The van der Waals surface area contributed by atoms with E-state index in [1.54, 1.807) is 6.92 Å². The van der Waals surface area contributed by atoms with Crippen molar-refractivity contribution in [2.75, 3.05) is 17.7 Å². The summed E-state index contributed by atoms with van der Waals surface area (Å²) >= 11 is 5.77. The SMILES string of the molecule is CC(CS(C)=O)NC(=O)c1cc([N+](=O)[O-])cc(Cl)c1N. The molecule has 0 aliphatic heterocycles. The van der Waals surface area contributed by atoms with Gasteiger partial charge in [-0.25, -0.2) is 0 Å². The van der Waals surface area contributed by atoms with E-state index in [0.717, 1.165) is 12.1 Å². The van der Waals surface area contributed by atoms with E-state index in [1.807, 2.05) is 0 Å². The monoisotopic (exact) mass is 319 g/mol. The number of nitrogens with zero attached hydrogens (tertiary/aromatic N) is 1. The molecule has 7 nitrogen and oxygen atoms in total. The van der Waals surface area contributed by atoms with Crippen LogP contribution >= 0.6 is 11.6 Å². The molecule has 0 radical (unpaired) electrons. The zero-order valence-electron chi connectivity index (χ0n) is 10.9. The first-order valence-electron chi connectivity index (χ1n) is 5.56. The summed E-state index contributed by atoms with van der Waals surface area (Å²) in [6.45, 7) is 1.68. The lowest BCUT2D eigenvalue weighted by atomic mass is 10.1. The van der Waals surface area contributed by atoms with Crippen molar-refractivity contribution in [3.8, 4) is 0 Å². The lowest BCUT2D eigenvalue weighted by Gasteiger charge is -2.14. The number of halogens is 1. The fraction of sp³-hybridized carbons (Fsp3) is 0.364. The fourth-order valence-electron chi connectivity index (χ4n) is 1.59. The number of nitro benzene ring substituents is 1. The minimum Gasteiger partial charge on any atom is -0.397 e. The van der Waals surface area contributed by atoms with Crippen LogP contribution in [0.1, 0.15) is 17.3 Å². The maximum Gasteiger partial charge on any atom is 0.271 e. The zero-order valence-corrected chi connectivity index (χ0v) is 12.5. The van der Waals surface area contributed by atoms with Gasteiger partial charge in [0.1, 0.15) is 0 Å². The van der Waals surface area contributed by atoms with Gasteiger partial charge in [-0.15, -0.1) is 0 Å². The highest BCUT2D eigenvalue weighted by molar-refractivity contribution is 7.84. The number of benzene rings is 1. The van der Waals surface area contributed by atoms with Crippen molar-refractivity contribution in [2.24, 2.45) is 0 Å². The van der Waals surface area contributed by atoms with Crippen LogP contribution in [-0.4, -0.2) is 33.1 Å². The molecule has 3 N–H and O–H groups in total. The van der Waals surface area contributed by atoms with Gasteiger partial charge >= 0.3 is 0 Å². The van der Waals surface area contributed by atoms with E-state index in [1.165, 1.54) is 6.26 Å². The summed E-state index contributed by atoms with van der Waals surface area (Å²) in [6, 6.07) is 1.79. The summed E-state index contributed by atoms with van der Waals surface area (Å²) in [5.74, 6) is -0.319. The molecular weight excluding hydrogens is 306 g/mol. The standard InChI is InChI=1S/C11H14ClN3O4S/c1-6(5-20(2)19)14-11(16)8-3-7(15(17)18)4-9(12)10(8)13/h3-4,6H,5,13H2,1-2H3,(H,14,16). The van der Waals surface area contributed by atoms with Crippen molar-refractivity contribution in [1.82, 2.24) is 5.32 Å². The molecule has 20 heavy (non-hydrogen) atoms. The third kappa shape index (κ3) is 4.17. The number of carbonyl (C=O) groups is 1. The van der Waals surface area contributed by atoms with Crippen molar-refractivity contribution in [2.45, 2.75) is 13.0 Å². The minimum absolute atomic E-state index is 0.0282. The van der Waals surface area contributed by atoms with Crippen LogP contribution in [-0.2, 0) is 10.8 Å². The quantitative estimate of drug-likeness (QED) is 0.482. The van der Waals surface area contributed by atoms with E-state index in [9.17, 15) is 19.1 Å². The molecule has 0 aliphatic rings. The van der Waals surface area contributed by atoms with E-state index < -0.39 is 21.6 Å². The Bertz CT molecular complexity index is 579. The van der Waals surface area contributed by atoms with Gasteiger partial charge < -0.3 is 11.1 Å². The summed E-state index contributed by atoms with van der Waals surface area (Å²) in [4.78, 5) is 22.1. The van der Waals surface area contributed by atoms with Gasteiger partial charge in [-0.3, -0.25) is 19.1 Å². The minimum atomic E-state index is -1.07. The van der Waals surface area contributed by atoms with Crippen molar-refractivity contribution in [1.29, 1.82) is 0 Å².